The van der Waals surface area contributed by atoms with Gasteiger partial charge in [-0.15, -0.1) is 0 Å². The van der Waals surface area contributed by atoms with Crippen LogP contribution in [0.5, 0.6) is 0 Å². The normalized spacial score (nSPS) is 15.5. The predicted molar refractivity (Wildman–Crippen MR) is 119 cm³/mol. The van der Waals surface area contributed by atoms with Crippen LogP contribution in [0.2, 0.25) is 0 Å². The van der Waals surface area contributed by atoms with Crippen molar-refractivity contribution in [3.8, 4) is 0 Å². The summed E-state index contributed by atoms with van der Waals surface area (Å²) in [6.45, 7) is 3.42. The number of aryl methyl sites for hydroxylation is 1. The highest BCUT2D eigenvalue weighted by atomic mass is 32.2. The van der Waals surface area contributed by atoms with Crippen molar-refractivity contribution in [3.63, 3.8) is 0 Å². The number of hydrogen-bond acceptors (Lipinski definition) is 5. The molecule has 1 aromatic heterocycles. The summed E-state index contributed by atoms with van der Waals surface area (Å²) in [4.78, 5) is 15.9. The molecule has 0 bridgehead atoms. The highest BCUT2D eigenvalue weighted by Gasteiger charge is 2.26. The molecule has 162 valence electrons. The number of benzene rings is 2. The quantitative estimate of drug-likeness (QED) is 0.454. The van der Waals surface area contributed by atoms with Crippen molar-refractivity contribution in [2.75, 3.05) is 26.3 Å². The highest BCUT2D eigenvalue weighted by Crippen LogP contribution is 2.21. The summed E-state index contributed by atoms with van der Waals surface area (Å²) >= 11 is 0. The van der Waals surface area contributed by atoms with Crippen molar-refractivity contribution in [1.29, 1.82) is 0 Å². The van der Waals surface area contributed by atoms with Crippen LogP contribution in [0.3, 0.4) is 0 Å². The van der Waals surface area contributed by atoms with Gasteiger partial charge in [-0.1, -0.05) is 31.2 Å². The van der Waals surface area contributed by atoms with E-state index in [0.717, 1.165) is 22.9 Å². The Labute approximate surface area is 181 Å². The summed E-state index contributed by atoms with van der Waals surface area (Å²) in [6, 6.07) is 12.0. The van der Waals surface area contributed by atoms with Crippen LogP contribution in [0.15, 0.2) is 58.7 Å². The second kappa shape index (κ2) is 9.01. The molecule has 3 aromatic rings. The maximum Gasteiger partial charge on any atom is 0.271 e. The number of aromatic nitrogens is 1. The summed E-state index contributed by atoms with van der Waals surface area (Å²) in [6.07, 6.45) is 4.33. The number of para-hydroxylation sites is 1. The maximum absolute atomic E-state index is 12.8. The van der Waals surface area contributed by atoms with Crippen molar-refractivity contribution >= 4 is 33.0 Å². The number of hydrogen-bond donors (Lipinski definition) is 2. The second-order valence-electron chi connectivity index (χ2n) is 7.18. The zero-order valence-electron chi connectivity index (χ0n) is 17.2. The molecule has 2 heterocycles. The molecule has 1 aliphatic heterocycles. The molecule has 0 radical (unpaired) electrons. The summed E-state index contributed by atoms with van der Waals surface area (Å²) in [7, 11) is -3.67. The van der Waals surface area contributed by atoms with Gasteiger partial charge in [-0.25, -0.2) is 13.8 Å². The number of ether oxygens (including phenoxy) is 1. The summed E-state index contributed by atoms with van der Waals surface area (Å²) < 4.78 is 32.2. The van der Waals surface area contributed by atoms with E-state index in [1.807, 2.05) is 18.3 Å². The van der Waals surface area contributed by atoms with Gasteiger partial charge in [0.25, 0.3) is 5.91 Å². The van der Waals surface area contributed by atoms with E-state index < -0.39 is 15.9 Å². The second-order valence-corrected chi connectivity index (χ2v) is 9.12. The molecule has 1 amide bonds. The van der Waals surface area contributed by atoms with Crippen LogP contribution >= 0.6 is 0 Å². The number of nitrogens with one attached hydrogen (secondary N) is 2. The Balaban J connectivity index is 1.49. The summed E-state index contributed by atoms with van der Waals surface area (Å²) in [5.74, 6) is -0.482. The molecule has 0 atom stereocenters. The van der Waals surface area contributed by atoms with Crippen molar-refractivity contribution in [2.24, 2.45) is 5.10 Å². The molecule has 1 aliphatic rings. The molecule has 1 saturated heterocycles. The van der Waals surface area contributed by atoms with Gasteiger partial charge in [0.05, 0.1) is 24.3 Å². The lowest BCUT2D eigenvalue weighted by Gasteiger charge is -2.26. The third kappa shape index (κ3) is 4.39. The van der Waals surface area contributed by atoms with Crippen molar-refractivity contribution < 1.29 is 17.9 Å². The Kier molecular flexibility index (Phi) is 6.17. The minimum atomic E-state index is -3.67. The average Bonchev–Trinajstić information content (AvgIpc) is 3.23. The monoisotopic (exact) mass is 440 g/mol. The van der Waals surface area contributed by atoms with E-state index in [1.165, 1.54) is 22.0 Å². The number of carbonyl (C=O) groups excluding carboxylic acids is 1. The number of aromatic amines is 1. The number of nitrogens with zero attached hydrogens (tertiary/aromatic N) is 2. The van der Waals surface area contributed by atoms with E-state index in [9.17, 15) is 13.2 Å². The lowest BCUT2D eigenvalue weighted by Crippen LogP contribution is -2.40. The van der Waals surface area contributed by atoms with E-state index in [4.69, 9.17) is 4.74 Å². The Bertz CT molecular complexity index is 1230. The first-order valence-corrected chi connectivity index (χ1v) is 11.5. The largest absolute Gasteiger partial charge is 0.379 e. The van der Waals surface area contributed by atoms with Gasteiger partial charge in [-0.3, -0.25) is 4.79 Å². The number of amides is 1. The molecule has 1 fully saturated rings. The fraction of sp³-hybridized carbons (Fsp3) is 0.273. The van der Waals surface area contributed by atoms with Crippen molar-refractivity contribution in [3.05, 3.63) is 65.4 Å². The van der Waals surface area contributed by atoms with Gasteiger partial charge >= 0.3 is 0 Å². The fourth-order valence-electron chi connectivity index (χ4n) is 3.60. The lowest BCUT2D eigenvalue weighted by atomic mass is 10.1. The smallest absolute Gasteiger partial charge is 0.271 e. The van der Waals surface area contributed by atoms with Crippen molar-refractivity contribution in [1.82, 2.24) is 14.7 Å². The van der Waals surface area contributed by atoms with E-state index in [0.29, 0.717) is 26.3 Å². The van der Waals surface area contributed by atoms with Gasteiger partial charge in [-0.2, -0.15) is 9.41 Å². The number of hydrazone groups is 1. The topological polar surface area (TPSA) is 104 Å². The van der Waals surface area contributed by atoms with Gasteiger partial charge in [-0.05, 0) is 30.2 Å². The number of fused-ring (bicyclic) bond motifs is 1. The SMILES string of the molecule is CCc1cccc2c(/C=N/NC(=O)c3cccc(S(=O)(=O)N4CCOCC4)c3)c[nH]c12. The number of rotatable bonds is 6. The molecular formula is C22H24N4O4S. The lowest BCUT2D eigenvalue weighted by molar-refractivity contribution is 0.0730. The maximum atomic E-state index is 12.8. The zero-order chi connectivity index (χ0) is 21.8. The number of H-pyrrole nitrogens is 1. The van der Waals surface area contributed by atoms with Crippen LogP contribution in [-0.2, 0) is 21.2 Å². The highest BCUT2D eigenvalue weighted by molar-refractivity contribution is 7.89. The zero-order valence-corrected chi connectivity index (χ0v) is 18.0. The number of morpholine rings is 1. The average molecular weight is 441 g/mol. The van der Waals surface area contributed by atoms with Crippen LogP contribution in [0.4, 0.5) is 0 Å². The van der Waals surface area contributed by atoms with Gasteiger partial charge in [0.2, 0.25) is 10.0 Å². The number of carbonyl (C=O) groups is 1. The first-order valence-electron chi connectivity index (χ1n) is 10.1. The van der Waals surface area contributed by atoms with Gasteiger partial charge < -0.3 is 9.72 Å². The third-order valence-electron chi connectivity index (χ3n) is 5.29. The first kappa shape index (κ1) is 21.2. The van der Waals surface area contributed by atoms with Crippen molar-refractivity contribution in [2.45, 2.75) is 18.2 Å². The van der Waals surface area contributed by atoms with Crippen LogP contribution in [0, 0.1) is 0 Å². The minimum absolute atomic E-state index is 0.0785. The Morgan fingerprint density at radius 2 is 2.00 bits per heavy atom. The van der Waals surface area contributed by atoms with E-state index in [2.05, 4.69) is 28.5 Å². The summed E-state index contributed by atoms with van der Waals surface area (Å²) in [5, 5.41) is 5.08. The Morgan fingerprint density at radius 1 is 1.23 bits per heavy atom. The molecular weight excluding hydrogens is 416 g/mol. The molecule has 9 heteroatoms. The van der Waals surface area contributed by atoms with E-state index >= 15 is 0 Å². The summed E-state index contributed by atoms with van der Waals surface area (Å²) in [5.41, 5.74) is 5.82. The fourth-order valence-corrected chi connectivity index (χ4v) is 5.05. The standard InChI is InChI=1S/C22H24N4O4S/c1-2-16-5-4-8-20-18(14-23-21(16)20)15-24-25-22(27)17-6-3-7-19(13-17)31(28,29)26-9-11-30-12-10-26/h3-8,13-15,23H,2,9-12H2,1H3,(H,25,27)/b24-15+. The third-order valence-corrected chi connectivity index (χ3v) is 7.18. The molecule has 8 nitrogen and oxygen atoms in total. The van der Waals surface area contributed by atoms with Gasteiger partial charge in [0.15, 0.2) is 0 Å². The van der Waals surface area contributed by atoms with Crippen LogP contribution in [0.1, 0.15) is 28.4 Å². The first-order chi connectivity index (χ1) is 15.0. The van der Waals surface area contributed by atoms with E-state index in [-0.39, 0.29) is 10.5 Å². The van der Waals surface area contributed by atoms with Gasteiger partial charge in [0, 0.05) is 41.3 Å². The van der Waals surface area contributed by atoms with Crippen LogP contribution in [-0.4, -0.2) is 56.1 Å². The van der Waals surface area contributed by atoms with Crippen LogP contribution in [0.25, 0.3) is 10.9 Å². The predicted octanol–water partition coefficient (Wildman–Crippen LogP) is 2.52. The molecule has 0 unspecified atom stereocenters. The van der Waals surface area contributed by atoms with Crippen LogP contribution < -0.4 is 5.43 Å². The molecule has 4 rings (SSSR count). The molecule has 0 spiro atoms. The number of sulfonamides is 1. The van der Waals surface area contributed by atoms with Gasteiger partial charge in [0.1, 0.15) is 0 Å². The molecule has 31 heavy (non-hydrogen) atoms. The minimum Gasteiger partial charge on any atom is -0.379 e. The van der Waals surface area contributed by atoms with E-state index in [1.54, 1.807) is 18.3 Å². The molecule has 0 aliphatic carbocycles. The molecule has 2 aromatic carbocycles. The molecule has 0 saturated carbocycles. The Morgan fingerprint density at radius 3 is 2.77 bits per heavy atom. The Hall–Kier alpha value is -3.01. The molecule has 2 N–H and O–H groups in total.